The van der Waals surface area contributed by atoms with Crippen LogP contribution in [0.4, 0.5) is 0 Å². The molecule has 0 aliphatic heterocycles. The number of aromatic nitrogens is 2. The standard InChI is InChI=1S/C19H19N3O2/c1-13(2)19-22-21-17(24-19)12-20-18(23)16-10-6-9-15(11-16)14-7-4-3-5-8-14/h3-11,13H,12H2,1-2H3,(H,20,23). The third-order valence-corrected chi connectivity index (χ3v) is 3.61. The minimum absolute atomic E-state index is 0.169. The van der Waals surface area contributed by atoms with Crippen molar-refractivity contribution < 1.29 is 9.21 Å². The van der Waals surface area contributed by atoms with Crippen LogP contribution in [0.5, 0.6) is 0 Å². The van der Waals surface area contributed by atoms with E-state index in [4.69, 9.17) is 4.42 Å². The van der Waals surface area contributed by atoms with Gasteiger partial charge in [0, 0.05) is 11.5 Å². The maximum absolute atomic E-state index is 12.3. The zero-order chi connectivity index (χ0) is 16.9. The second-order valence-electron chi connectivity index (χ2n) is 5.82. The van der Waals surface area contributed by atoms with Crippen molar-refractivity contribution in [1.82, 2.24) is 15.5 Å². The van der Waals surface area contributed by atoms with E-state index in [1.165, 1.54) is 0 Å². The number of nitrogens with zero attached hydrogens (tertiary/aromatic N) is 2. The summed E-state index contributed by atoms with van der Waals surface area (Å²) in [5.41, 5.74) is 2.67. The average molecular weight is 321 g/mol. The second-order valence-corrected chi connectivity index (χ2v) is 5.82. The van der Waals surface area contributed by atoms with E-state index in [0.29, 0.717) is 17.3 Å². The monoisotopic (exact) mass is 321 g/mol. The maximum atomic E-state index is 12.3. The molecule has 0 spiro atoms. The smallest absolute Gasteiger partial charge is 0.251 e. The van der Waals surface area contributed by atoms with Gasteiger partial charge in [0.15, 0.2) is 0 Å². The van der Waals surface area contributed by atoms with Crippen molar-refractivity contribution in [3.63, 3.8) is 0 Å². The maximum Gasteiger partial charge on any atom is 0.251 e. The summed E-state index contributed by atoms with van der Waals surface area (Å²) in [5.74, 6) is 0.984. The van der Waals surface area contributed by atoms with Crippen molar-refractivity contribution in [2.75, 3.05) is 0 Å². The third kappa shape index (κ3) is 3.68. The Morgan fingerprint density at radius 2 is 1.79 bits per heavy atom. The van der Waals surface area contributed by atoms with E-state index in [-0.39, 0.29) is 18.4 Å². The van der Waals surface area contributed by atoms with E-state index in [9.17, 15) is 4.79 Å². The molecule has 5 nitrogen and oxygen atoms in total. The summed E-state index contributed by atoms with van der Waals surface area (Å²) in [4.78, 5) is 12.3. The summed E-state index contributed by atoms with van der Waals surface area (Å²) >= 11 is 0. The molecule has 0 aliphatic rings. The highest BCUT2D eigenvalue weighted by molar-refractivity contribution is 5.95. The molecule has 1 N–H and O–H groups in total. The lowest BCUT2D eigenvalue weighted by molar-refractivity contribution is 0.0947. The summed E-state index contributed by atoms with van der Waals surface area (Å²) in [7, 11) is 0. The quantitative estimate of drug-likeness (QED) is 0.776. The summed E-state index contributed by atoms with van der Waals surface area (Å²) in [6, 6.07) is 17.5. The number of benzene rings is 2. The summed E-state index contributed by atoms with van der Waals surface area (Å²) in [6.45, 7) is 4.17. The number of carbonyl (C=O) groups excluding carboxylic acids is 1. The molecule has 1 amide bonds. The van der Waals surface area contributed by atoms with E-state index >= 15 is 0 Å². The normalized spacial score (nSPS) is 10.8. The molecule has 0 bridgehead atoms. The minimum Gasteiger partial charge on any atom is -0.423 e. The van der Waals surface area contributed by atoms with Crippen LogP contribution >= 0.6 is 0 Å². The fourth-order valence-corrected chi connectivity index (χ4v) is 2.30. The zero-order valence-electron chi connectivity index (χ0n) is 13.7. The molecule has 24 heavy (non-hydrogen) atoms. The van der Waals surface area contributed by atoms with Gasteiger partial charge in [-0.15, -0.1) is 10.2 Å². The number of amides is 1. The summed E-state index contributed by atoms with van der Waals surface area (Å²) in [6.07, 6.45) is 0. The molecule has 0 aliphatic carbocycles. The van der Waals surface area contributed by atoms with Crippen LogP contribution in [-0.2, 0) is 6.54 Å². The van der Waals surface area contributed by atoms with Gasteiger partial charge in [0.2, 0.25) is 11.8 Å². The van der Waals surface area contributed by atoms with Gasteiger partial charge in [0.25, 0.3) is 5.91 Å². The van der Waals surface area contributed by atoms with Gasteiger partial charge in [0.05, 0.1) is 6.54 Å². The lowest BCUT2D eigenvalue weighted by Crippen LogP contribution is -2.22. The molecular weight excluding hydrogens is 302 g/mol. The molecule has 0 radical (unpaired) electrons. The van der Waals surface area contributed by atoms with Crippen LogP contribution in [0.25, 0.3) is 11.1 Å². The van der Waals surface area contributed by atoms with Crippen LogP contribution in [0.3, 0.4) is 0 Å². The van der Waals surface area contributed by atoms with E-state index in [0.717, 1.165) is 11.1 Å². The van der Waals surface area contributed by atoms with Crippen molar-refractivity contribution in [2.45, 2.75) is 26.3 Å². The predicted molar refractivity (Wildman–Crippen MR) is 91.4 cm³/mol. The highest BCUT2D eigenvalue weighted by Crippen LogP contribution is 2.20. The van der Waals surface area contributed by atoms with Crippen LogP contribution in [-0.4, -0.2) is 16.1 Å². The molecule has 1 aromatic heterocycles. The Morgan fingerprint density at radius 3 is 2.50 bits per heavy atom. The Morgan fingerprint density at radius 1 is 1.04 bits per heavy atom. The van der Waals surface area contributed by atoms with Gasteiger partial charge in [-0.25, -0.2) is 0 Å². The Kier molecular flexibility index (Phi) is 4.70. The Bertz CT molecular complexity index is 825. The van der Waals surface area contributed by atoms with Gasteiger partial charge in [0.1, 0.15) is 0 Å². The molecule has 1 heterocycles. The summed E-state index contributed by atoms with van der Waals surface area (Å²) in [5, 5.41) is 10.7. The number of nitrogens with one attached hydrogen (secondary N) is 1. The van der Waals surface area contributed by atoms with Crippen molar-refractivity contribution in [3.8, 4) is 11.1 Å². The number of rotatable bonds is 5. The first-order valence-corrected chi connectivity index (χ1v) is 7.89. The molecule has 0 unspecified atom stereocenters. The lowest BCUT2D eigenvalue weighted by Gasteiger charge is -2.06. The van der Waals surface area contributed by atoms with Crippen LogP contribution in [0.1, 0.15) is 41.9 Å². The Hall–Kier alpha value is -2.95. The number of hydrogen-bond acceptors (Lipinski definition) is 4. The zero-order valence-corrected chi connectivity index (χ0v) is 13.7. The summed E-state index contributed by atoms with van der Waals surface area (Å²) < 4.78 is 5.49. The van der Waals surface area contributed by atoms with Gasteiger partial charge in [-0.05, 0) is 23.3 Å². The molecule has 0 fully saturated rings. The van der Waals surface area contributed by atoms with Crippen LogP contribution in [0.15, 0.2) is 59.0 Å². The first kappa shape index (κ1) is 15.9. The highest BCUT2D eigenvalue weighted by atomic mass is 16.4. The highest BCUT2D eigenvalue weighted by Gasteiger charge is 2.12. The van der Waals surface area contributed by atoms with Crippen LogP contribution in [0, 0.1) is 0 Å². The topological polar surface area (TPSA) is 68.0 Å². The minimum atomic E-state index is -0.169. The van der Waals surface area contributed by atoms with E-state index in [2.05, 4.69) is 15.5 Å². The average Bonchev–Trinajstić information content (AvgIpc) is 3.10. The van der Waals surface area contributed by atoms with Crippen LogP contribution < -0.4 is 5.32 Å². The Balaban J connectivity index is 1.69. The van der Waals surface area contributed by atoms with Gasteiger partial charge in [-0.2, -0.15) is 0 Å². The fraction of sp³-hybridized carbons (Fsp3) is 0.211. The van der Waals surface area contributed by atoms with Crippen molar-refractivity contribution in [3.05, 3.63) is 71.9 Å². The molecule has 2 aromatic carbocycles. The molecule has 3 aromatic rings. The molecular formula is C19H19N3O2. The van der Waals surface area contributed by atoms with Gasteiger partial charge in [-0.1, -0.05) is 56.3 Å². The molecule has 0 atom stereocenters. The fourth-order valence-electron chi connectivity index (χ4n) is 2.30. The SMILES string of the molecule is CC(C)c1nnc(CNC(=O)c2cccc(-c3ccccc3)c2)o1. The van der Waals surface area contributed by atoms with E-state index in [1.54, 1.807) is 6.07 Å². The number of hydrogen-bond donors (Lipinski definition) is 1. The van der Waals surface area contributed by atoms with Crippen LogP contribution in [0.2, 0.25) is 0 Å². The lowest BCUT2D eigenvalue weighted by atomic mass is 10.0. The third-order valence-electron chi connectivity index (χ3n) is 3.61. The first-order valence-electron chi connectivity index (χ1n) is 7.89. The Labute approximate surface area is 140 Å². The van der Waals surface area contributed by atoms with E-state index < -0.39 is 0 Å². The van der Waals surface area contributed by atoms with Gasteiger partial charge >= 0.3 is 0 Å². The van der Waals surface area contributed by atoms with Gasteiger partial charge in [-0.3, -0.25) is 4.79 Å². The first-order chi connectivity index (χ1) is 11.6. The largest absolute Gasteiger partial charge is 0.423 e. The molecule has 0 saturated heterocycles. The number of carbonyl (C=O) groups is 1. The van der Waals surface area contributed by atoms with Crippen molar-refractivity contribution in [2.24, 2.45) is 0 Å². The second kappa shape index (κ2) is 7.08. The molecule has 0 saturated carbocycles. The van der Waals surface area contributed by atoms with Gasteiger partial charge < -0.3 is 9.73 Å². The molecule has 3 rings (SSSR count). The molecule has 122 valence electrons. The predicted octanol–water partition coefficient (Wildman–Crippen LogP) is 3.79. The molecule has 5 heteroatoms. The van der Waals surface area contributed by atoms with E-state index in [1.807, 2.05) is 62.4 Å². The van der Waals surface area contributed by atoms with Crippen molar-refractivity contribution >= 4 is 5.91 Å². The van der Waals surface area contributed by atoms with Crippen molar-refractivity contribution in [1.29, 1.82) is 0 Å².